The molecular weight excluding hydrogens is 228 g/mol. The van der Waals surface area contributed by atoms with Crippen molar-refractivity contribution in [2.75, 3.05) is 0 Å². The molecule has 1 aliphatic heterocycles. The fourth-order valence-electron chi connectivity index (χ4n) is 2.27. The highest BCUT2D eigenvalue weighted by molar-refractivity contribution is 6.50. The van der Waals surface area contributed by atoms with E-state index in [9.17, 15) is 9.59 Å². The lowest BCUT2D eigenvalue weighted by atomic mass is 10.00. The number of carbonyl (C=O) groups excluding carboxylic acids is 2. The van der Waals surface area contributed by atoms with Gasteiger partial charge in [-0.15, -0.1) is 0 Å². The van der Waals surface area contributed by atoms with Crippen molar-refractivity contribution in [1.82, 2.24) is 9.55 Å². The number of hydrogen-bond acceptors (Lipinski definition) is 3. The average Bonchev–Trinajstić information content (AvgIpc) is 2.81. The first kappa shape index (κ1) is 10.9. The van der Waals surface area contributed by atoms with Crippen molar-refractivity contribution in [2.45, 2.75) is 19.8 Å². The van der Waals surface area contributed by atoms with Crippen LogP contribution >= 0.6 is 0 Å². The quantitative estimate of drug-likeness (QED) is 0.719. The fourth-order valence-corrected chi connectivity index (χ4v) is 2.27. The summed E-state index contributed by atoms with van der Waals surface area (Å²) in [5.74, 6) is -0.540. The van der Waals surface area contributed by atoms with E-state index in [0.29, 0.717) is 5.56 Å². The molecule has 0 bridgehead atoms. The summed E-state index contributed by atoms with van der Waals surface area (Å²) in [7, 11) is 0. The van der Waals surface area contributed by atoms with Crippen LogP contribution in [0.3, 0.4) is 0 Å². The summed E-state index contributed by atoms with van der Waals surface area (Å²) in [4.78, 5) is 28.0. The van der Waals surface area contributed by atoms with Crippen LogP contribution in [0.1, 0.15) is 46.4 Å². The molecule has 2 aromatic rings. The molecule has 0 spiro atoms. The lowest BCUT2D eigenvalue weighted by Crippen LogP contribution is -2.27. The van der Waals surface area contributed by atoms with Gasteiger partial charge in [0, 0.05) is 11.9 Å². The van der Waals surface area contributed by atoms with Gasteiger partial charge < -0.3 is 0 Å². The highest BCUT2D eigenvalue weighted by Gasteiger charge is 2.33. The molecule has 0 fully saturated rings. The van der Waals surface area contributed by atoms with Gasteiger partial charge in [-0.25, -0.2) is 4.98 Å². The number of aromatic nitrogens is 2. The van der Waals surface area contributed by atoms with Crippen molar-refractivity contribution < 1.29 is 9.59 Å². The lowest BCUT2D eigenvalue weighted by Gasteiger charge is -2.19. The largest absolute Gasteiger partial charge is 0.293 e. The Hall–Kier alpha value is -2.23. The van der Waals surface area contributed by atoms with Crippen molar-refractivity contribution >= 4 is 11.6 Å². The van der Waals surface area contributed by atoms with Crippen molar-refractivity contribution in [1.29, 1.82) is 0 Å². The van der Waals surface area contributed by atoms with Gasteiger partial charge in [-0.1, -0.05) is 26.0 Å². The first-order valence-electron chi connectivity index (χ1n) is 5.87. The van der Waals surface area contributed by atoms with Crippen LogP contribution in [0.25, 0.3) is 5.69 Å². The maximum Gasteiger partial charge on any atom is 0.269 e. The minimum atomic E-state index is -0.527. The van der Waals surface area contributed by atoms with Crippen molar-refractivity contribution in [3.63, 3.8) is 0 Å². The summed E-state index contributed by atoms with van der Waals surface area (Å²) in [6, 6.07) is 7.15. The number of imidazole rings is 1. The van der Waals surface area contributed by atoms with Gasteiger partial charge in [0.2, 0.25) is 5.78 Å². The molecule has 0 N–H and O–H groups in total. The van der Waals surface area contributed by atoms with Gasteiger partial charge in [-0.2, -0.15) is 0 Å². The molecule has 0 aliphatic carbocycles. The number of carbonyl (C=O) groups is 2. The van der Waals surface area contributed by atoms with Crippen LogP contribution in [-0.4, -0.2) is 21.1 Å². The predicted octanol–water partition coefficient (Wildman–Crippen LogP) is 2.37. The van der Waals surface area contributed by atoms with Crippen LogP contribution in [-0.2, 0) is 0 Å². The Morgan fingerprint density at radius 2 is 1.83 bits per heavy atom. The Balaban J connectivity index is 2.38. The standard InChI is InChI=1S/C14H12N2O2/c1-8(2)11-7-15-14-13(18)12(17)9-5-3-4-6-10(9)16(11)14/h3-8H,1-2H3. The second-order valence-corrected chi connectivity index (χ2v) is 4.67. The minimum absolute atomic E-state index is 0.224. The first-order chi connectivity index (χ1) is 8.61. The highest BCUT2D eigenvalue weighted by Crippen LogP contribution is 2.28. The Bertz CT molecular complexity index is 668. The molecule has 4 nitrogen and oxygen atoms in total. The molecule has 1 aromatic carbocycles. The average molecular weight is 240 g/mol. The number of benzene rings is 1. The summed E-state index contributed by atoms with van der Waals surface area (Å²) in [6.07, 6.45) is 1.67. The van der Waals surface area contributed by atoms with Gasteiger partial charge in [0.05, 0.1) is 11.3 Å². The third-order valence-corrected chi connectivity index (χ3v) is 3.18. The fraction of sp³-hybridized carbons (Fsp3) is 0.214. The molecule has 0 unspecified atom stereocenters. The molecule has 90 valence electrons. The summed E-state index contributed by atoms with van der Waals surface area (Å²) in [6.45, 7) is 4.07. The number of hydrogen-bond donors (Lipinski definition) is 0. The second kappa shape index (κ2) is 3.63. The number of ketones is 2. The Kier molecular flexibility index (Phi) is 2.20. The van der Waals surface area contributed by atoms with E-state index in [2.05, 4.69) is 4.98 Å². The Labute approximate surface area is 104 Å². The molecule has 0 atom stereocenters. The van der Waals surface area contributed by atoms with Crippen LogP contribution in [0, 0.1) is 0 Å². The lowest BCUT2D eigenvalue weighted by molar-refractivity contribution is 0.0804. The zero-order chi connectivity index (χ0) is 12.9. The summed E-state index contributed by atoms with van der Waals surface area (Å²) < 4.78 is 1.80. The van der Waals surface area contributed by atoms with E-state index >= 15 is 0 Å². The number of rotatable bonds is 1. The molecule has 4 heteroatoms. The minimum Gasteiger partial charge on any atom is -0.293 e. The third kappa shape index (κ3) is 1.29. The highest BCUT2D eigenvalue weighted by atomic mass is 16.2. The molecule has 0 amide bonds. The first-order valence-corrected chi connectivity index (χ1v) is 5.87. The molecule has 1 aliphatic rings. The number of para-hydroxylation sites is 1. The van der Waals surface area contributed by atoms with Crippen LogP contribution in [0.2, 0.25) is 0 Å². The molecule has 2 heterocycles. The van der Waals surface area contributed by atoms with Crippen LogP contribution < -0.4 is 0 Å². The normalized spacial score (nSPS) is 13.7. The van der Waals surface area contributed by atoms with E-state index in [1.807, 2.05) is 26.0 Å². The summed E-state index contributed by atoms with van der Waals surface area (Å²) in [5.41, 5.74) is 2.14. The molecule has 3 rings (SSSR count). The number of nitrogens with zero attached hydrogens (tertiary/aromatic N) is 2. The molecule has 0 saturated heterocycles. The van der Waals surface area contributed by atoms with E-state index < -0.39 is 11.6 Å². The monoisotopic (exact) mass is 240 g/mol. The Morgan fingerprint density at radius 1 is 1.11 bits per heavy atom. The van der Waals surface area contributed by atoms with E-state index in [1.54, 1.807) is 22.9 Å². The van der Waals surface area contributed by atoms with Crippen LogP contribution in [0.15, 0.2) is 30.5 Å². The Morgan fingerprint density at radius 3 is 2.56 bits per heavy atom. The van der Waals surface area contributed by atoms with Gasteiger partial charge in [0.25, 0.3) is 5.78 Å². The van der Waals surface area contributed by atoms with Gasteiger partial charge in [0.15, 0.2) is 5.82 Å². The summed E-state index contributed by atoms with van der Waals surface area (Å²) >= 11 is 0. The molecule has 0 saturated carbocycles. The van der Waals surface area contributed by atoms with E-state index in [1.165, 1.54) is 0 Å². The maximum atomic E-state index is 12.0. The van der Waals surface area contributed by atoms with Crippen molar-refractivity contribution in [3.05, 3.63) is 47.5 Å². The SMILES string of the molecule is CC(C)c1cnc2n1-c1ccccc1C(=O)C2=O. The van der Waals surface area contributed by atoms with Gasteiger partial charge in [-0.05, 0) is 18.1 Å². The number of fused-ring (bicyclic) bond motifs is 3. The molecular formula is C14H12N2O2. The van der Waals surface area contributed by atoms with E-state index in [4.69, 9.17) is 0 Å². The smallest absolute Gasteiger partial charge is 0.269 e. The molecule has 18 heavy (non-hydrogen) atoms. The summed E-state index contributed by atoms with van der Waals surface area (Å²) in [5, 5.41) is 0. The van der Waals surface area contributed by atoms with Gasteiger partial charge in [-0.3, -0.25) is 14.2 Å². The zero-order valence-electron chi connectivity index (χ0n) is 10.2. The van der Waals surface area contributed by atoms with Crippen LogP contribution in [0.4, 0.5) is 0 Å². The van der Waals surface area contributed by atoms with Crippen molar-refractivity contribution in [2.24, 2.45) is 0 Å². The van der Waals surface area contributed by atoms with Crippen LogP contribution in [0.5, 0.6) is 0 Å². The number of Topliss-reactive ketones (excluding diaryl/α,β-unsaturated/α-hetero) is 2. The second-order valence-electron chi connectivity index (χ2n) is 4.67. The zero-order valence-corrected chi connectivity index (χ0v) is 10.2. The van der Waals surface area contributed by atoms with Gasteiger partial charge in [0.1, 0.15) is 0 Å². The predicted molar refractivity (Wildman–Crippen MR) is 66.3 cm³/mol. The maximum absolute atomic E-state index is 12.0. The topological polar surface area (TPSA) is 52.0 Å². The molecule has 0 radical (unpaired) electrons. The van der Waals surface area contributed by atoms with E-state index in [0.717, 1.165) is 11.4 Å². The van der Waals surface area contributed by atoms with Crippen molar-refractivity contribution in [3.8, 4) is 5.69 Å². The van der Waals surface area contributed by atoms with E-state index in [-0.39, 0.29) is 11.7 Å². The molecule has 1 aromatic heterocycles. The van der Waals surface area contributed by atoms with Gasteiger partial charge >= 0.3 is 0 Å². The third-order valence-electron chi connectivity index (χ3n) is 3.18.